The Morgan fingerprint density at radius 2 is 1.73 bits per heavy atom. The highest BCUT2D eigenvalue weighted by molar-refractivity contribution is 9.10. The summed E-state index contributed by atoms with van der Waals surface area (Å²) in [5.74, 6) is 0.469. The van der Waals surface area contributed by atoms with Gasteiger partial charge in [-0.25, -0.2) is 0 Å². The minimum Gasteiger partial charge on any atom is -0.298 e. The van der Waals surface area contributed by atoms with Crippen LogP contribution in [0.15, 0.2) is 30.3 Å². The van der Waals surface area contributed by atoms with E-state index in [4.69, 9.17) is 0 Å². The van der Waals surface area contributed by atoms with Gasteiger partial charge in [0.05, 0.1) is 4.83 Å². The lowest BCUT2D eigenvalue weighted by molar-refractivity contribution is -0.119. The van der Waals surface area contributed by atoms with E-state index in [0.717, 1.165) is 25.7 Å². The SMILES string of the molecule is O=C1C(Br)CCCCC1c1ccccc1. The zero-order valence-electron chi connectivity index (χ0n) is 8.66. The average molecular weight is 267 g/mol. The molecule has 0 radical (unpaired) electrons. The van der Waals surface area contributed by atoms with E-state index in [2.05, 4.69) is 28.1 Å². The van der Waals surface area contributed by atoms with Crippen molar-refractivity contribution in [2.75, 3.05) is 0 Å². The Kier molecular flexibility index (Phi) is 3.57. The summed E-state index contributed by atoms with van der Waals surface area (Å²) in [5, 5.41) is 0. The minimum absolute atomic E-state index is 0.0604. The summed E-state index contributed by atoms with van der Waals surface area (Å²) >= 11 is 3.49. The van der Waals surface area contributed by atoms with Gasteiger partial charge in [0.15, 0.2) is 5.78 Å². The van der Waals surface area contributed by atoms with Crippen molar-refractivity contribution < 1.29 is 4.79 Å². The molecular weight excluding hydrogens is 252 g/mol. The van der Waals surface area contributed by atoms with E-state index in [1.807, 2.05) is 18.2 Å². The summed E-state index contributed by atoms with van der Waals surface area (Å²) in [7, 11) is 0. The number of alkyl halides is 1. The zero-order chi connectivity index (χ0) is 10.7. The van der Waals surface area contributed by atoms with Crippen molar-refractivity contribution in [1.82, 2.24) is 0 Å². The highest BCUT2D eigenvalue weighted by atomic mass is 79.9. The lowest BCUT2D eigenvalue weighted by Gasteiger charge is -2.15. The van der Waals surface area contributed by atoms with Crippen molar-refractivity contribution in [3.8, 4) is 0 Å². The Labute approximate surface area is 99.0 Å². The van der Waals surface area contributed by atoms with Gasteiger partial charge in [-0.05, 0) is 18.4 Å². The number of carbonyl (C=O) groups is 1. The second-order valence-corrected chi connectivity index (χ2v) is 5.22. The monoisotopic (exact) mass is 266 g/mol. The van der Waals surface area contributed by atoms with Gasteiger partial charge in [0.25, 0.3) is 0 Å². The third-order valence-corrected chi connectivity index (χ3v) is 3.96. The summed E-state index contributed by atoms with van der Waals surface area (Å²) in [6, 6.07) is 10.1. The first-order chi connectivity index (χ1) is 7.29. The maximum Gasteiger partial charge on any atom is 0.153 e. The lowest BCUT2D eigenvalue weighted by atomic mass is 9.91. The van der Waals surface area contributed by atoms with E-state index in [1.54, 1.807) is 0 Å². The quantitative estimate of drug-likeness (QED) is 0.560. The number of ketones is 1. The Bertz CT molecular complexity index is 334. The van der Waals surface area contributed by atoms with E-state index in [9.17, 15) is 4.79 Å². The molecule has 15 heavy (non-hydrogen) atoms. The Morgan fingerprint density at radius 1 is 1.07 bits per heavy atom. The first-order valence-corrected chi connectivity index (χ1v) is 6.43. The molecule has 0 spiro atoms. The first-order valence-electron chi connectivity index (χ1n) is 5.52. The number of halogens is 1. The Hall–Kier alpha value is -0.630. The topological polar surface area (TPSA) is 17.1 Å². The molecule has 1 aliphatic carbocycles. The number of rotatable bonds is 1. The summed E-state index contributed by atoms with van der Waals surface area (Å²) in [6.07, 6.45) is 4.31. The fourth-order valence-electron chi connectivity index (χ4n) is 2.19. The van der Waals surface area contributed by atoms with Gasteiger partial charge in [-0.1, -0.05) is 59.1 Å². The molecule has 1 aromatic carbocycles. The molecule has 1 aromatic rings. The molecule has 0 aromatic heterocycles. The fourth-order valence-corrected chi connectivity index (χ4v) is 2.83. The summed E-state index contributed by atoms with van der Waals surface area (Å²) in [4.78, 5) is 12.2. The molecular formula is C13H15BrO. The van der Waals surface area contributed by atoms with Crippen LogP contribution in [0.4, 0.5) is 0 Å². The molecule has 0 N–H and O–H groups in total. The molecule has 1 fully saturated rings. The number of hydrogen-bond donors (Lipinski definition) is 0. The second kappa shape index (κ2) is 4.93. The van der Waals surface area contributed by atoms with Gasteiger partial charge in [0, 0.05) is 5.92 Å². The van der Waals surface area contributed by atoms with Crippen molar-refractivity contribution in [3.63, 3.8) is 0 Å². The van der Waals surface area contributed by atoms with E-state index in [1.165, 1.54) is 5.56 Å². The van der Waals surface area contributed by atoms with Crippen LogP contribution in [-0.4, -0.2) is 10.6 Å². The van der Waals surface area contributed by atoms with Gasteiger partial charge in [-0.3, -0.25) is 4.79 Å². The highest BCUT2D eigenvalue weighted by Gasteiger charge is 2.28. The summed E-state index contributed by atoms with van der Waals surface area (Å²) in [6.45, 7) is 0. The fraction of sp³-hybridized carbons (Fsp3) is 0.462. The van der Waals surface area contributed by atoms with Gasteiger partial charge in [0.2, 0.25) is 0 Å². The number of Topliss-reactive ketones (excluding diaryl/α,β-unsaturated/α-hetero) is 1. The molecule has 0 bridgehead atoms. The average Bonchev–Trinajstić information content (AvgIpc) is 2.44. The third kappa shape index (κ3) is 2.49. The molecule has 1 nitrogen and oxygen atoms in total. The van der Waals surface area contributed by atoms with Gasteiger partial charge >= 0.3 is 0 Å². The normalized spacial score (nSPS) is 27.4. The molecule has 2 unspecified atom stereocenters. The van der Waals surface area contributed by atoms with E-state index in [-0.39, 0.29) is 10.7 Å². The molecule has 2 atom stereocenters. The molecule has 1 aliphatic rings. The summed E-state index contributed by atoms with van der Waals surface area (Å²) < 4.78 is 0. The Morgan fingerprint density at radius 3 is 2.47 bits per heavy atom. The lowest BCUT2D eigenvalue weighted by Crippen LogP contribution is -2.19. The van der Waals surface area contributed by atoms with Crippen LogP contribution in [0.2, 0.25) is 0 Å². The van der Waals surface area contributed by atoms with Gasteiger partial charge in [-0.2, -0.15) is 0 Å². The predicted octanol–water partition coefficient (Wildman–Crippen LogP) is 3.68. The van der Waals surface area contributed by atoms with Crippen LogP contribution in [0.5, 0.6) is 0 Å². The number of benzene rings is 1. The van der Waals surface area contributed by atoms with Crippen LogP contribution in [0.3, 0.4) is 0 Å². The van der Waals surface area contributed by atoms with Crippen molar-refractivity contribution in [1.29, 1.82) is 0 Å². The summed E-state index contributed by atoms with van der Waals surface area (Å²) in [5.41, 5.74) is 1.17. The third-order valence-electron chi connectivity index (χ3n) is 3.05. The smallest absolute Gasteiger partial charge is 0.153 e. The van der Waals surface area contributed by atoms with E-state index < -0.39 is 0 Å². The van der Waals surface area contributed by atoms with Crippen molar-refractivity contribution in [3.05, 3.63) is 35.9 Å². The van der Waals surface area contributed by atoms with Crippen LogP contribution < -0.4 is 0 Å². The largest absolute Gasteiger partial charge is 0.298 e. The number of hydrogen-bond acceptors (Lipinski definition) is 1. The molecule has 0 amide bonds. The molecule has 0 saturated heterocycles. The predicted molar refractivity (Wildman–Crippen MR) is 65.4 cm³/mol. The molecule has 80 valence electrons. The molecule has 2 rings (SSSR count). The zero-order valence-corrected chi connectivity index (χ0v) is 10.2. The number of carbonyl (C=O) groups excluding carboxylic acids is 1. The van der Waals surface area contributed by atoms with Crippen LogP contribution in [0.1, 0.15) is 37.2 Å². The first kappa shape index (κ1) is 10.9. The van der Waals surface area contributed by atoms with Crippen LogP contribution in [0.25, 0.3) is 0 Å². The van der Waals surface area contributed by atoms with Crippen LogP contribution >= 0.6 is 15.9 Å². The van der Waals surface area contributed by atoms with Gasteiger partial charge in [0.1, 0.15) is 0 Å². The molecule has 1 saturated carbocycles. The van der Waals surface area contributed by atoms with Crippen molar-refractivity contribution in [2.45, 2.75) is 36.4 Å². The van der Waals surface area contributed by atoms with Crippen LogP contribution in [-0.2, 0) is 4.79 Å². The molecule has 0 heterocycles. The molecule has 2 heteroatoms. The van der Waals surface area contributed by atoms with E-state index in [0.29, 0.717) is 5.78 Å². The van der Waals surface area contributed by atoms with Gasteiger partial charge in [-0.15, -0.1) is 0 Å². The van der Waals surface area contributed by atoms with Crippen molar-refractivity contribution >= 4 is 21.7 Å². The van der Waals surface area contributed by atoms with Gasteiger partial charge < -0.3 is 0 Å². The standard InChI is InChI=1S/C13H15BrO/c14-12-9-5-4-8-11(13(12)15)10-6-2-1-3-7-10/h1-3,6-7,11-12H,4-5,8-9H2. The van der Waals surface area contributed by atoms with Crippen molar-refractivity contribution in [2.24, 2.45) is 0 Å². The van der Waals surface area contributed by atoms with Crippen LogP contribution in [0, 0.1) is 0 Å². The highest BCUT2D eigenvalue weighted by Crippen LogP contribution is 2.31. The second-order valence-electron chi connectivity index (χ2n) is 4.12. The maximum atomic E-state index is 12.1. The maximum absolute atomic E-state index is 12.1. The molecule has 0 aliphatic heterocycles. The Balaban J connectivity index is 2.23. The minimum atomic E-state index is 0.0604. The van der Waals surface area contributed by atoms with E-state index >= 15 is 0 Å².